The van der Waals surface area contributed by atoms with Crippen molar-refractivity contribution in [2.45, 2.75) is 0 Å². The van der Waals surface area contributed by atoms with Gasteiger partial charge in [0.05, 0.1) is 11.9 Å². The number of fused-ring (bicyclic) bond motifs is 1. The van der Waals surface area contributed by atoms with Gasteiger partial charge in [0.2, 0.25) is 10.0 Å². The maximum Gasteiger partial charge on any atom is 0.256 e. The van der Waals surface area contributed by atoms with Crippen LogP contribution in [0.5, 0.6) is 0 Å². The van der Waals surface area contributed by atoms with E-state index < -0.39 is 10.0 Å². The second-order valence-electron chi connectivity index (χ2n) is 5.44. The van der Waals surface area contributed by atoms with Crippen LogP contribution in [0.2, 0.25) is 0 Å². The van der Waals surface area contributed by atoms with Crippen molar-refractivity contribution in [3.8, 4) is 0 Å². The molecule has 0 aliphatic rings. The summed E-state index contributed by atoms with van der Waals surface area (Å²) in [7, 11) is -3.37. The Bertz CT molecular complexity index is 1010. The van der Waals surface area contributed by atoms with Crippen LogP contribution < -0.4 is 10.0 Å². The van der Waals surface area contributed by atoms with Gasteiger partial charge in [-0.25, -0.2) is 8.42 Å². The summed E-state index contributed by atoms with van der Waals surface area (Å²) in [5.74, 6) is -0.247. The molecule has 3 aromatic rings. The van der Waals surface area contributed by atoms with Gasteiger partial charge in [0.15, 0.2) is 0 Å². The molecule has 3 rings (SSSR count). The van der Waals surface area contributed by atoms with Gasteiger partial charge >= 0.3 is 0 Å². The molecule has 24 heavy (non-hydrogen) atoms. The monoisotopic (exact) mass is 340 g/mol. The lowest BCUT2D eigenvalue weighted by Crippen LogP contribution is -2.13. The van der Waals surface area contributed by atoms with E-state index in [1.807, 2.05) is 36.4 Å². The van der Waals surface area contributed by atoms with Crippen molar-refractivity contribution >= 4 is 38.1 Å². The summed E-state index contributed by atoms with van der Waals surface area (Å²) in [6.45, 7) is 0. The van der Waals surface area contributed by atoms with E-state index in [-0.39, 0.29) is 5.91 Å². The van der Waals surface area contributed by atoms with Crippen molar-refractivity contribution in [2.75, 3.05) is 16.3 Å². The Balaban J connectivity index is 1.88. The van der Waals surface area contributed by atoms with Crippen molar-refractivity contribution in [3.05, 3.63) is 72.3 Å². The Morgan fingerprint density at radius 3 is 2.33 bits per heavy atom. The molecule has 0 aliphatic carbocycles. The van der Waals surface area contributed by atoms with Crippen molar-refractivity contribution < 1.29 is 13.2 Å². The number of rotatable bonds is 4. The van der Waals surface area contributed by atoms with Crippen LogP contribution >= 0.6 is 0 Å². The summed E-state index contributed by atoms with van der Waals surface area (Å²) in [5.41, 5.74) is 1.48. The van der Waals surface area contributed by atoms with E-state index in [9.17, 15) is 13.2 Å². The summed E-state index contributed by atoms with van der Waals surface area (Å²) in [6.07, 6.45) is 1.08. The number of carbonyl (C=O) groups excluding carboxylic acids is 1. The van der Waals surface area contributed by atoms with E-state index in [2.05, 4.69) is 10.0 Å². The molecule has 0 spiro atoms. The minimum atomic E-state index is -3.37. The van der Waals surface area contributed by atoms with Crippen molar-refractivity contribution in [2.24, 2.45) is 0 Å². The Morgan fingerprint density at radius 1 is 0.875 bits per heavy atom. The van der Waals surface area contributed by atoms with Gasteiger partial charge in [-0.1, -0.05) is 42.5 Å². The fourth-order valence-electron chi connectivity index (χ4n) is 2.50. The first-order chi connectivity index (χ1) is 11.4. The van der Waals surface area contributed by atoms with Gasteiger partial charge in [-0.15, -0.1) is 0 Å². The van der Waals surface area contributed by atoms with Crippen LogP contribution in [0.3, 0.4) is 0 Å². The second kappa shape index (κ2) is 6.33. The third-order valence-electron chi connectivity index (χ3n) is 3.46. The molecule has 0 atom stereocenters. The molecule has 3 aromatic carbocycles. The van der Waals surface area contributed by atoms with E-state index in [1.165, 1.54) is 0 Å². The molecule has 0 radical (unpaired) electrons. The molecular weight excluding hydrogens is 324 g/mol. The number of hydrogen-bond donors (Lipinski definition) is 2. The van der Waals surface area contributed by atoms with Gasteiger partial charge in [-0.2, -0.15) is 0 Å². The van der Waals surface area contributed by atoms with Crippen LogP contribution in [-0.4, -0.2) is 20.6 Å². The smallest absolute Gasteiger partial charge is 0.256 e. The number of benzene rings is 3. The third kappa shape index (κ3) is 3.72. The Hall–Kier alpha value is -2.86. The van der Waals surface area contributed by atoms with Gasteiger partial charge in [-0.3, -0.25) is 9.52 Å². The highest BCUT2D eigenvalue weighted by molar-refractivity contribution is 7.92. The van der Waals surface area contributed by atoms with Crippen LogP contribution in [-0.2, 0) is 10.0 Å². The average molecular weight is 340 g/mol. The fraction of sp³-hybridized carbons (Fsp3) is 0.0556. The summed E-state index contributed by atoms with van der Waals surface area (Å²) in [6, 6.07) is 19.8. The molecule has 0 fully saturated rings. The SMILES string of the molecule is CS(=O)(=O)Nc1cccc(NC(=O)c2cccc3ccccc23)c1. The van der Waals surface area contributed by atoms with Gasteiger partial charge in [0.25, 0.3) is 5.91 Å². The lowest BCUT2D eigenvalue weighted by Gasteiger charge is -2.10. The number of nitrogens with one attached hydrogen (secondary N) is 2. The summed E-state index contributed by atoms with van der Waals surface area (Å²) in [5, 5.41) is 4.65. The molecule has 6 heteroatoms. The normalized spacial score (nSPS) is 11.2. The molecule has 0 bridgehead atoms. The molecular formula is C18H16N2O3S. The molecule has 0 aliphatic heterocycles. The quantitative estimate of drug-likeness (QED) is 0.764. The van der Waals surface area contributed by atoms with E-state index in [0.717, 1.165) is 17.0 Å². The zero-order valence-electron chi connectivity index (χ0n) is 13.0. The fourth-order valence-corrected chi connectivity index (χ4v) is 3.05. The number of amides is 1. The standard InChI is InChI=1S/C18H16N2O3S/c1-24(22,23)20-15-9-5-8-14(12-15)19-18(21)17-11-4-7-13-6-2-3-10-16(13)17/h2-12,20H,1H3,(H,19,21). The summed E-state index contributed by atoms with van der Waals surface area (Å²) in [4.78, 5) is 12.6. The second-order valence-corrected chi connectivity index (χ2v) is 7.18. The van der Waals surface area contributed by atoms with Gasteiger partial charge < -0.3 is 5.32 Å². The number of carbonyl (C=O) groups is 1. The van der Waals surface area contributed by atoms with Crippen LogP contribution in [0.1, 0.15) is 10.4 Å². The average Bonchev–Trinajstić information content (AvgIpc) is 2.53. The number of hydrogen-bond acceptors (Lipinski definition) is 3. The van der Waals surface area contributed by atoms with Crippen molar-refractivity contribution in [1.82, 2.24) is 0 Å². The van der Waals surface area contributed by atoms with Crippen LogP contribution in [0.15, 0.2) is 66.7 Å². The van der Waals surface area contributed by atoms with Crippen LogP contribution in [0.4, 0.5) is 11.4 Å². The molecule has 0 unspecified atom stereocenters. The van der Waals surface area contributed by atoms with E-state index in [0.29, 0.717) is 16.9 Å². The highest BCUT2D eigenvalue weighted by Crippen LogP contribution is 2.21. The lowest BCUT2D eigenvalue weighted by molar-refractivity contribution is 0.102. The highest BCUT2D eigenvalue weighted by Gasteiger charge is 2.10. The first kappa shape index (κ1) is 16.0. The van der Waals surface area contributed by atoms with Crippen molar-refractivity contribution in [3.63, 3.8) is 0 Å². The Labute approximate surface area is 140 Å². The molecule has 0 saturated heterocycles. The number of sulfonamides is 1. The van der Waals surface area contributed by atoms with E-state index in [4.69, 9.17) is 0 Å². The molecule has 0 heterocycles. The maximum absolute atomic E-state index is 12.6. The van der Waals surface area contributed by atoms with Crippen LogP contribution in [0, 0.1) is 0 Å². The highest BCUT2D eigenvalue weighted by atomic mass is 32.2. The Morgan fingerprint density at radius 2 is 1.54 bits per heavy atom. The molecule has 0 saturated carbocycles. The topological polar surface area (TPSA) is 75.3 Å². The molecule has 1 amide bonds. The first-order valence-electron chi connectivity index (χ1n) is 7.29. The molecule has 2 N–H and O–H groups in total. The largest absolute Gasteiger partial charge is 0.322 e. The lowest BCUT2D eigenvalue weighted by atomic mass is 10.0. The van der Waals surface area contributed by atoms with E-state index >= 15 is 0 Å². The summed E-state index contributed by atoms with van der Waals surface area (Å²) < 4.78 is 25.0. The predicted molar refractivity (Wildman–Crippen MR) is 96.8 cm³/mol. The van der Waals surface area contributed by atoms with Gasteiger partial charge in [-0.05, 0) is 35.0 Å². The first-order valence-corrected chi connectivity index (χ1v) is 9.18. The van der Waals surface area contributed by atoms with Crippen LogP contribution in [0.25, 0.3) is 10.8 Å². The number of anilines is 2. The minimum Gasteiger partial charge on any atom is -0.322 e. The summed E-state index contributed by atoms with van der Waals surface area (Å²) >= 11 is 0. The van der Waals surface area contributed by atoms with Gasteiger partial charge in [0, 0.05) is 11.3 Å². The zero-order chi connectivity index (χ0) is 17.2. The van der Waals surface area contributed by atoms with Gasteiger partial charge in [0.1, 0.15) is 0 Å². The zero-order valence-corrected chi connectivity index (χ0v) is 13.8. The van der Waals surface area contributed by atoms with Crippen molar-refractivity contribution in [1.29, 1.82) is 0 Å². The molecule has 5 nitrogen and oxygen atoms in total. The molecule has 122 valence electrons. The molecule has 0 aromatic heterocycles. The maximum atomic E-state index is 12.6. The Kier molecular flexibility index (Phi) is 4.22. The minimum absolute atomic E-state index is 0.247. The predicted octanol–water partition coefficient (Wildman–Crippen LogP) is 3.46. The third-order valence-corrected chi connectivity index (χ3v) is 4.06. The van der Waals surface area contributed by atoms with E-state index in [1.54, 1.807) is 30.3 Å².